The fraction of sp³-hybridized carbons (Fsp3) is 0.600. The van der Waals surface area contributed by atoms with E-state index in [1.165, 1.54) is 5.57 Å². The summed E-state index contributed by atoms with van der Waals surface area (Å²) in [6, 6.07) is 0. The molecule has 11 heavy (non-hydrogen) atoms. The summed E-state index contributed by atoms with van der Waals surface area (Å²) in [5.74, 6) is 0. The molecule has 0 aromatic heterocycles. The lowest BCUT2D eigenvalue weighted by molar-refractivity contribution is 0.464. The molecule has 1 heterocycles. The third kappa shape index (κ3) is 2.11. The lowest BCUT2D eigenvalue weighted by atomic mass is 9.84. The van der Waals surface area contributed by atoms with Crippen LogP contribution in [0.3, 0.4) is 0 Å². The summed E-state index contributed by atoms with van der Waals surface area (Å²) in [6.45, 7) is 6.77. The Morgan fingerprint density at radius 3 is 2.36 bits per heavy atom. The van der Waals surface area contributed by atoms with Gasteiger partial charge in [-0.05, 0) is 23.6 Å². The molecule has 0 saturated carbocycles. The number of hydrogen-bond donors (Lipinski definition) is 0. The average molecular weight is 151 g/mol. The Hall–Kier alpha value is -0.720. The lowest BCUT2D eigenvalue weighted by Gasteiger charge is -2.26. The smallest absolute Gasteiger partial charge is 0.0106 e. The van der Waals surface area contributed by atoms with Gasteiger partial charge in [-0.2, -0.15) is 0 Å². The highest BCUT2D eigenvalue weighted by Crippen LogP contribution is 2.30. The van der Waals surface area contributed by atoms with Gasteiger partial charge in [0, 0.05) is 13.2 Å². The highest BCUT2D eigenvalue weighted by atomic mass is 15.1. The summed E-state index contributed by atoms with van der Waals surface area (Å²) in [5.41, 5.74) is 1.82. The van der Waals surface area contributed by atoms with Gasteiger partial charge in [-0.25, -0.2) is 0 Å². The van der Waals surface area contributed by atoms with E-state index < -0.39 is 0 Å². The summed E-state index contributed by atoms with van der Waals surface area (Å²) in [4.78, 5) is 2.12. The number of rotatable bonds is 0. The molecule has 0 N–H and O–H groups in total. The Morgan fingerprint density at radius 2 is 2.00 bits per heavy atom. The molecule has 0 bridgehead atoms. The van der Waals surface area contributed by atoms with E-state index in [4.69, 9.17) is 0 Å². The van der Waals surface area contributed by atoms with Crippen molar-refractivity contribution < 1.29 is 0 Å². The van der Waals surface area contributed by atoms with E-state index in [-0.39, 0.29) is 0 Å². The Kier molecular flexibility index (Phi) is 2.08. The molecule has 0 amide bonds. The predicted octanol–water partition coefficient (Wildman–Crippen LogP) is 2.77. The second-order valence-electron chi connectivity index (χ2n) is 4.16. The van der Waals surface area contributed by atoms with Crippen LogP contribution in [0.1, 0.15) is 27.2 Å². The van der Waals surface area contributed by atoms with Gasteiger partial charge in [0.2, 0.25) is 0 Å². The van der Waals surface area contributed by atoms with Gasteiger partial charge in [-0.3, -0.25) is 0 Å². The van der Waals surface area contributed by atoms with Crippen molar-refractivity contribution in [3.05, 3.63) is 24.0 Å². The molecule has 1 nitrogen and oxygen atoms in total. The minimum atomic E-state index is 0.318. The van der Waals surface area contributed by atoms with Crippen LogP contribution in [0.4, 0.5) is 0 Å². The number of nitrogens with zero attached hydrogens (tertiary/aromatic N) is 1. The normalized spacial score (nSPS) is 18.5. The van der Waals surface area contributed by atoms with Crippen LogP contribution in [0.5, 0.6) is 0 Å². The third-order valence-electron chi connectivity index (χ3n) is 2.00. The zero-order chi connectivity index (χ0) is 8.48. The minimum absolute atomic E-state index is 0.318. The zero-order valence-electron chi connectivity index (χ0n) is 7.89. The quantitative estimate of drug-likeness (QED) is 0.514. The fourth-order valence-electron chi connectivity index (χ4n) is 1.19. The molecule has 0 radical (unpaired) electrons. The SMILES string of the molecule is CN1C=CCC(C(C)(C)C)=C1. The highest BCUT2D eigenvalue weighted by molar-refractivity contribution is 5.18. The van der Waals surface area contributed by atoms with Crippen molar-refractivity contribution in [3.8, 4) is 0 Å². The number of hydrogen-bond acceptors (Lipinski definition) is 1. The minimum Gasteiger partial charge on any atom is -0.358 e. The van der Waals surface area contributed by atoms with E-state index in [2.05, 4.69) is 51.2 Å². The van der Waals surface area contributed by atoms with E-state index >= 15 is 0 Å². The van der Waals surface area contributed by atoms with Gasteiger partial charge in [-0.15, -0.1) is 0 Å². The number of allylic oxidation sites excluding steroid dienone is 2. The maximum absolute atomic E-state index is 2.26. The third-order valence-corrected chi connectivity index (χ3v) is 2.00. The molecule has 62 valence electrons. The van der Waals surface area contributed by atoms with E-state index in [0.29, 0.717) is 5.41 Å². The van der Waals surface area contributed by atoms with E-state index in [0.717, 1.165) is 6.42 Å². The van der Waals surface area contributed by atoms with Gasteiger partial charge in [0.05, 0.1) is 0 Å². The summed E-state index contributed by atoms with van der Waals surface area (Å²) in [5, 5.41) is 0. The molecule has 1 heteroatoms. The second kappa shape index (κ2) is 2.72. The summed E-state index contributed by atoms with van der Waals surface area (Å²) in [6.07, 6.45) is 7.64. The molecule has 0 aromatic carbocycles. The Balaban J connectivity index is 2.75. The Morgan fingerprint density at radius 1 is 1.36 bits per heavy atom. The molecule has 0 aromatic rings. The van der Waals surface area contributed by atoms with Gasteiger partial charge >= 0.3 is 0 Å². The Labute approximate surface area is 69.4 Å². The molecule has 0 aliphatic carbocycles. The van der Waals surface area contributed by atoms with Gasteiger partial charge < -0.3 is 4.90 Å². The van der Waals surface area contributed by atoms with Crippen molar-refractivity contribution in [2.24, 2.45) is 5.41 Å². The molecule has 0 fully saturated rings. The summed E-state index contributed by atoms with van der Waals surface area (Å²) >= 11 is 0. The molecular weight excluding hydrogens is 134 g/mol. The van der Waals surface area contributed by atoms with Crippen molar-refractivity contribution in [3.63, 3.8) is 0 Å². The van der Waals surface area contributed by atoms with Gasteiger partial charge in [0.1, 0.15) is 0 Å². The fourth-order valence-corrected chi connectivity index (χ4v) is 1.19. The molecule has 0 spiro atoms. The predicted molar refractivity (Wildman–Crippen MR) is 49.1 cm³/mol. The summed E-state index contributed by atoms with van der Waals surface area (Å²) < 4.78 is 0. The van der Waals surface area contributed by atoms with Crippen LogP contribution in [0, 0.1) is 5.41 Å². The first-order valence-electron chi connectivity index (χ1n) is 4.10. The Bertz CT molecular complexity index is 193. The average Bonchev–Trinajstić information content (AvgIpc) is 1.86. The molecule has 0 saturated heterocycles. The van der Waals surface area contributed by atoms with Gasteiger partial charge in [0.25, 0.3) is 0 Å². The van der Waals surface area contributed by atoms with E-state index in [9.17, 15) is 0 Å². The van der Waals surface area contributed by atoms with Crippen molar-refractivity contribution in [2.75, 3.05) is 7.05 Å². The first-order valence-corrected chi connectivity index (χ1v) is 4.10. The standard InChI is InChI=1S/C10H17N/c1-10(2,3)9-6-5-7-11(4)8-9/h5,7-8H,6H2,1-4H3. The molecule has 1 rings (SSSR count). The monoisotopic (exact) mass is 151 g/mol. The summed E-state index contributed by atoms with van der Waals surface area (Å²) in [7, 11) is 2.07. The van der Waals surface area contributed by atoms with Crippen molar-refractivity contribution >= 4 is 0 Å². The van der Waals surface area contributed by atoms with Crippen LogP contribution in [0.15, 0.2) is 24.0 Å². The van der Waals surface area contributed by atoms with E-state index in [1.54, 1.807) is 0 Å². The van der Waals surface area contributed by atoms with Crippen molar-refractivity contribution in [1.82, 2.24) is 4.90 Å². The lowest BCUT2D eigenvalue weighted by Crippen LogP contribution is -2.15. The van der Waals surface area contributed by atoms with Crippen molar-refractivity contribution in [1.29, 1.82) is 0 Å². The van der Waals surface area contributed by atoms with Crippen LogP contribution < -0.4 is 0 Å². The van der Waals surface area contributed by atoms with Gasteiger partial charge in [0.15, 0.2) is 0 Å². The maximum atomic E-state index is 2.26. The van der Waals surface area contributed by atoms with Crippen LogP contribution in [-0.4, -0.2) is 11.9 Å². The van der Waals surface area contributed by atoms with E-state index in [1.807, 2.05) is 0 Å². The first-order chi connectivity index (χ1) is 5.00. The highest BCUT2D eigenvalue weighted by Gasteiger charge is 2.17. The first kappa shape index (κ1) is 8.38. The maximum Gasteiger partial charge on any atom is 0.0106 e. The van der Waals surface area contributed by atoms with Crippen LogP contribution in [0.25, 0.3) is 0 Å². The molecule has 1 aliphatic heterocycles. The molecular formula is C10H17N. The van der Waals surface area contributed by atoms with Crippen LogP contribution in [0.2, 0.25) is 0 Å². The van der Waals surface area contributed by atoms with Crippen molar-refractivity contribution in [2.45, 2.75) is 27.2 Å². The largest absolute Gasteiger partial charge is 0.358 e. The molecule has 0 atom stereocenters. The molecule has 1 aliphatic rings. The van der Waals surface area contributed by atoms with Crippen LogP contribution in [-0.2, 0) is 0 Å². The topological polar surface area (TPSA) is 3.24 Å². The second-order valence-corrected chi connectivity index (χ2v) is 4.16. The zero-order valence-corrected chi connectivity index (χ0v) is 7.89. The molecule has 0 unspecified atom stereocenters. The van der Waals surface area contributed by atoms with Gasteiger partial charge in [-0.1, -0.05) is 26.8 Å². The van der Waals surface area contributed by atoms with Crippen LogP contribution >= 0.6 is 0 Å².